The standard InChI is InChI=1S/C26H30N2O5S/c1-15-17(3)25(18(4)16(2)24(15)33-5)34(31,32)27-22-10-11-23(21-9-7-6-8-20(21)22)28-13-12-19(14-28)26(29)30/h6-11,19,27H,12-14H2,1-5H3,(H,29,30)/t19-/m0/s1. The first kappa shape index (κ1) is 23.9. The summed E-state index contributed by atoms with van der Waals surface area (Å²) in [5, 5.41) is 11.0. The first-order valence-electron chi connectivity index (χ1n) is 11.2. The predicted molar refractivity (Wildman–Crippen MR) is 135 cm³/mol. The van der Waals surface area contributed by atoms with E-state index in [1.165, 1.54) is 0 Å². The van der Waals surface area contributed by atoms with E-state index in [4.69, 9.17) is 4.74 Å². The molecule has 0 unspecified atom stereocenters. The molecule has 3 aromatic rings. The zero-order valence-electron chi connectivity index (χ0n) is 20.1. The van der Waals surface area contributed by atoms with E-state index in [1.807, 2.05) is 44.2 Å². The minimum atomic E-state index is -3.88. The highest BCUT2D eigenvalue weighted by Crippen LogP contribution is 2.38. The monoisotopic (exact) mass is 482 g/mol. The molecule has 0 bridgehead atoms. The third kappa shape index (κ3) is 3.96. The highest BCUT2D eigenvalue weighted by Gasteiger charge is 2.30. The second-order valence-corrected chi connectivity index (χ2v) is 10.5. The molecule has 8 heteroatoms. The summed E-state index contributed by atoms with van der Waals surface area (Å²) in [6, 6.07) is 11.2. The molecule has 3 aromatic carbocycles. The van der Waals surface area contributed by atoms with Gasteiger partial charge in [-0.25, -0.2) is 8.42 Å². The van der Waals surface area contributed by atoms with Crippen LogP contribution in [0.1, 0.15) is 28.7 Å². The van der Waals surface area contributed by atoms with Crippen LogP contribution in [0.2, 0.25) is 0 Å². The molecule has 7 nitrogen and oxygen atoms in total. The number of nitrogens with one attached hydrogen (secondary N) is 1. The van der Waals surface area contributed by atoms with Crippen LogP contribution in [-0.2, 0) is 14.8 Å². The van der Waals surface area contributed by atoms with Gasteiger partial charge < -0.3 is 14.7 Å². The molecule has 4 rings (SSSR count). The molecule has 0 aliphatic carbocycles. The summed E-state index contributed by atoms with van der Waals surface area (Å²) >= 11 is 0. The number of carbonyl (C=O) groups is 1. The average molecular weight is 483 g/mol. The van der Waals surface area contributed by atoms with Crippen LogP contribution in [0.15, 0.2) is 41.3 Å². The van der Waals surface area contributed by atoms with Crippen molar-refractivity contribution in [3.63, 3.8) is 0 Å². The van der Waals surface area contributed by atoms with Crippen LogP contribution >= 0.6 is 0 Å². The smallest absolute Gasteiger partial charge is 0.308 e. The van der Waals surface area contributed by atoms with Crippen LogP contribution in [0.5, 0.6) is 5.75 Å². The fraction of sp³-hybridized carbons (Fsp3) is 0.346. The van der Waals surface area contributed by atoms with E-state index in [-0.39, 0.29) is 4.90 Å². The molecule has 1 heterocycles. The van der Waals surface area contributed by atoms with Crippen molar-refractivity contribution >= 4 is 38.1 Å². The van der Waals surface area contributed by atoms with Gasteiger partial charge in [-0.1, -0.05) is 24.3 Å². The van der Waals surface area contributed by atoms with Crippen LogP contribution in [0.3, 0.4) is 0 Å². The molecule has 0 aromatic heterocycles. The van der Waals surface area contributed by atoms with E-state index in [0.717, 1.165) is 27.6 Å². The van der Waals surface area contributed by atoms with Crippen LogP contribution in [0.4, 0.5) is 11.4 Å². The van der Waals surface area contributed by atoms with E-state index in [0.29, 0.717) is 42.1 Å². The van der Waals surface area contributed by atoms with Crippen molar-refractivity contribution in [2.24, 2.45) is 5.92 Å². The summed E-state index contributed by atoms with van der Waals surface area (Å²) in [7, 11) is -2.29. The van der Waals surface area contributed by atoms with Gasteiger partial charge in [0.15, 0.2) is 0 Å². The molecule has 1 aliphatic rings. The zero-order chi connectivity index (χ0) is 24.8. The Kier molecular flexibility index (Phi) is 6.20. The number of ether oxygens (including phenoxy) is 1. The van der Waals surface area contributed by atoms with Crippen molar-refractivity contribution in [3.8, 4) is 5.75 Å². The Bertz CT molecular complexity index is 1370. The van der Waals surface area contributed by atoms with Crippen molar-refractivity contribution in [1.29, 1.82) is 0 Å². The average Bonchev–Trinajstić information content (AvgIpc) is 3.29. The number of nitrogens with zero attached hydrogens (tertiary/aromatic N) is 1. The minimum absolute atomic E-state index is 0.264. The maximum Gasteiger partial charge on any atom is 0.308 e. The lowest BCUT2D eigenvalue weighted by Gasteiger charge is -2.23. The molecule has 1 atom stereocenters. The lowest BCUT2D eigenvalue weighted by Crippen LogP contribution is -2.23. The SMILES string of the molecule is COc1c(C)c(C)c(S(=O)(=O)Nc2ccc(N3CC[C@H](C(=O)O)C3)c3ccccc23)c(C)c1C. The number of anilines is 2. The Hall–Kier alpha value is -3.26. The van der Waals surface area contributed by atoms with Gasteiger partial charge in [-0.2, -0.15) is 0 Å². The molecular formula is C26H30N2O5S. The molecule has 1 aliphatic heterocycles. The number of fused-ring (bicyclic) bond motifs is 1. The number of methoxy groups -OCH3 is 1. The van der Waals surface area contributed by atoms with E-state index in [1.54, 1.807) is 27.0 Å². The Labute approximate surface area is 200 Å². The number of sulfonamides is 1. The van der Waals surface area contributed by atoms with E-state index < -0.39 is 21.9 Å². The number of carboxylic acids is 1. The summed E-state index contributed by atoms with van der Waals surface area (Å²) in [5.74, 6) is -0.481. The second-order valence-electron chi connectivity index (χ2n) is 8.92. The highest BCUT2D eigenvalue weighted by atomic mass is 32.2. The minimum Gasteiger partial charge on any atom is -0.496 e. The lowest BCUT2D eigenvalue weighted by atomic mass is 10.00. The van der Waals surface area contributed by atoms with Gasteiger partial charge >= 0.3 is 5.97 Å². The van der Waals surface area contributed by atoms with Gasteiger partial charge in [0, 0.05) is 29.5 Å². The van der Waals surface area contributed by atoms with Gasteiger partial charge in [0.25, 0.3) is 10.0 Å². The molecule has 1 fully saturated rings. The zero-order valence-corrected chi connectivity index (χ0v) is 20.9. The first-order chi connectivity index (χ1) is 16.1. The third-order valence-corrected chi connectivity index (χ3v) is 8.62. The summed E-state index contributed by atoms with van der Waals surface area (Å²) in [6.07, 6.45) is 0.590. The summed E-state index contributed by atoms with van der Waals surface area (Å²) in [5.41, 5.74) is 4.31. The maximum absolute atomic E-state index is 13.6. The van der Waals surface area contributed by atoms with Gasteiger partial charge in [-0.15, -0.1) is 0 Å². The highest BCUT2D eigenvalue weighted by molar-refractivity contribution is 7.92. The lowest BCUT2D eigenvalue weighted by molar-refractivity contribution is -0.140. The van der Waals surface area contributed by atoms with Crippen LogP contribution in [0.25, 0.3) is 10.8 Å². The Balaban J connectivity index is 1.78. The van der Waals surface area contributed by atoms with Gasteiger partial charge in [-0.3, -0.25) is 9.52 Å². The molecule has 0 saturated carbocycles. The van der Waals surface area contributed by atoms with E-state index in [9.17, 15) is 18.3 Å². The van der Waals surface area contributed by atoms with Crippen molar-refractivity contribution in [1.82, 2.24) is 0 Å². The Morgan fingerprint density at radius 2 is 1.62 bits per heavy atom. The molecule has 34 heavy (non-hydrogen) atoms. The normalized spacial score (nSPS) is 16.1. The number of carboxylic acid groups (broad SMARTS) is 1. The Morgan fingerprint density at radius 1 is 1.00 bits per heavy atom. The van der Waals surface area contributed by atoms with Gasteiger partial charge in [0.1, 0.15) is 5.75 Å². The molecule has 2 N–H and O–H groups in total. The molecule has 180 valence electrons. The molecule has 0 amide bonds. The second kappa shape index (κ2) is 8.83. The fourth-order valence-corrected chi connectivity index (χ4v) is 6.66. The van der Waals surface area contributed by atoms with E-state index >= 15 is 0 Å². The van der Waals surface area contributed by atoms with Crippen molar-refractivity contribution < 1.29 is 23.1 Å². The van der Waals surface area contributed by atoms with Crippen LogP contribution < -0.4 is 14.4 Å². The van der Waals surface area contributed by atoms with Gasteiger partial charge in [0.2, 0.25) is 0 Å². The molecule has 0 radical (unpaired) electrons. The summed E-state index contributed by atoms with van der Waals surface area (Å²) in [6.45, 7) is 8.41. The quantitative estimate of drug-likeness (QED) is 0.524. The van der Waals surface area contributed by atoms with Crippen molar-refractivity contribution in [2.75, 3.05) is 29.8 Å². The number of aliphatic carboxylic acids is 1. The van der Waals surface area contributed by atoms with Crippen LogP contribution in [0, 0.1) is 33.6 Å². The topological polar surface area (TPSA) is 95.9 Å². The fourth-order valence-electron chi connectivity index (χ4n) is 4.98. The molecular weight excluding hydrogens is 452 g/mol. The number of benzene rings is 3. The largest absolute Gasteiger partial charge is 0.496 e. The van der Waals surface area contributed by atoms with Crippen molar-refractivity contribution in [3.05, 3.63) is 58.7 Å². The number of hydrogen-bond donors (Lipinski definition) is 2. The van der Waals surface area contributed by atoms with Crippen LogP contribution in [-0.4, -0.2) is 39.7 Å². The van der Waals surface area contributed by atoms with Gasteiger partial charge in [-0.05, 0) is 68.5 Å². The third-order valence-electron chi connectivity index (χ3n) is 6.98. The Morgan fingerprint density at radius 3 is 2.18 bits per heavy atom. The predicted octanol–water partition coefficient (Wildman–Crippen LogP) is 4.79. The summed E-state index contributed by atoms with van der Waals surface area (Å²) in [4.78, 5) is 13.7. The molecule has 0 spiro atoms. The maximum atomic E-state index is 13.6. The number of rotatable bonds is 6. The van der Waals surface area contributed by atoms with Gasteiger partial charge in [0.05, 0.1) is 23.6 Å². The van der Waals surface area contributed by atoms with Crippen molar-refractivity contribution in [2.45, 2.75) is 39.0 Å². The summed E-state index contributed by atoms with van der Waals surface area (Å²) < 4.78 is 35.6. The van der Waals surface area contributed by atoms with E-state index in [2.05, 4.69) is 9.62 Å². The number of hydrogen-bond acceptors (Lipinski definition) is 5. The molecule has 1 saturated heterocycles. The first-order valence-corrected chi connectivity index (χ1v) is 12.7.